The maximum Gasteiger partial charge on any atom is 0.408 e. The summed E-state index contributed by atoms with van der Waals surface area (Å²) < 4.78 is 10.4. The molecule has 2 rings (SSSR count). The third kappa shape index (κ3) is 8.90. The minimum atomic E-state index is -0.980. The van der Waals surface area contributed by atoms with Crippen LogP contribution in [0.25, 0.3) is 0 Å². The van der Waals surface area contributed by atoms with Crippen LogP contribution in [0.5, 0.6) is 0 Å². The summed E-state index contributed by atoms with van der Waals surface area (Å²) in [6.45, 7) is 3.63. The summed E-state index contributed by atoms with van der Waals surface area (Å²) in [7, 11) is 0. The fraction of sp³-hybridized carbons (Fsp3) is 0.375. The van der Waals surface area contributed by atoms with Gasteiger partial charge in [-0.3, -0.25) is 4.79 Å². The first kappa shape index (κ1) is 23.9. The molecular weight excluding hydrogens is 396 g/mol. The van der Waals surface area contributed by atoms with Gasteiger partial charge in [-0.15, -0.1) is 0 Å². The standard InChI is InChI=1S/C24H30N2O5/c1-3-20(4-2)25-22(27)17-30-23(28)21(15-18-11-7-5-8-12-18)26-24(29)31-16-19-13-9-6-10-14-19/h5-14,20-21H,3-4,15-17H2,1-2H3,(H,25,27)(H,26,29)/t21-/m0/s1. The molecule has 0 aliphatic carbocycles. The van der Waals surface area contributed by atoms with Gasteiger partial charge in [0.1, 0.15) is 12.6 Å². The monoisotopic (exact) mass is 426 g/mol. The summed E-state index contributed by atoms with van der Waals surface area (Å²) in [5.74, 6) is -1.06. The fourth-order valence-corrected chi connectivity index (χ4v) is 2.95. The second kappa shape index (κ2) is 13.1. The minimum absolute atomic E-state index is 0.0393. The van der Waals surface area contributed by atoms with Gasteiger partial charge in [0.15, 0.2) is 6.61 Å². The zero-order valence-electron chi connectivity index (χ0n) is 18.0. The lowest BCUT2D eigenvalue weighted by atomic mass is 10.1. The lowest BCUT2D eigenvalue weighted by Crippen LogP contribution is -2.45. The van der Waals surface area contributed by atoms with E-state index in [1.165, 1.54) is 0 Å². The predicted molar refractivity (Wildman–Crippen MR) is 117 cm³/mol. The van der Waals surface area contributed by atoms with Gasteiger partial charge in [0.2, 0.25) is 0 Å². The van der Waals surface area contributed by atoms with Gasteiger partial charge in [0.05, 0.1) is 0 Å². The summed E-state index contributed by atoms with van der Waals surface area (Å²) in [5.41, 5.74) is 1.67. The van der Waals surface area contributed by atoms with Crippen molar-refractivity contribution in [3.05, 3.63) is 71.8 Å². The molecule has 7 nitrogen and oxygen atoms in total. The van der Waals surface area contributed by atoms with E-state index in [1.54, 1.807) is 0 Å². The van der Waals surface area contributed by atoms with E-state index in [-0.39, 0.29) is 25.0 Å². The number of rotatable bonds is 11. The number of carbonyl (C=O) groups excluding carboxylic acids is 3. The van der Waals surface area contributed by atoms with Crippen LogP contribution in [-0.2, 0) is 32.1 Å². The lowest BCUT2D eigenvalue weighted by molar-refractivity contribution is -0.150. The first-order valence-corrected chi connectivity index (χ1v) is 10.5. The third-order valence-electron chi connectivity index (χ3n) is 4.77. The number of benzene rings is 2. The van der Waals surface area contributed by atoms with Crippen molar-refractivity contribution in [2.45, 2.75) is 51.8 Å². The van der Waals surface area contributed by atoms with Crippen molar-refractivity contribution < 1.29 is 23.9 Å². The maximum atomic E-state index is 12.6. The van der Waals surface area contributed by atoms with Crippen molar-refractivity contribution in [2.75, 3.05) is 6.61 Å². The Morgan fingerprint density at radius 3 is 1.97 bits per heavy atom. The Bertz CT molecular complexity index is 822. The highest BCUT2D eigenvalue weighted by atomic mass is 16.6. The second-order valence-electron chi connectivity index (χ2n) is 7.14. The number of ether oxygens (including phenoxy) is 2. The van der Waals surface area contributed by atoms with Gasteiger partial charge in [-0.1, -0.05) is 74.5 Å². The molecule has 0 heterocycles. The zero-order valence-corrected chi connectivity index (χ0v) is 18.0. The average molecular weight is 427 g/mol. The molecule has 7 heteroatoms. The average Bonchev–Trinajstić information content (AvgIpc) is 2.80. The van der Waals surface area contributed by atoms with Gasteiger partial charge in [0, 0.05) is 12.5 Å². The second-order valence-corrected chi connectivity index (χ2v) is 7.14. The molecule has 0 unspecified atom stereocenters. The Labute approximate surface area is 183 Å². The Balaban J connectivity index is 1.94. The van der Waals surface area contributed by atoms with Crippen molar-refractivity contribution in [3.63, 3.8) is 0 Å². The molecule has 0 saturated heterocycles. The van der Waals surface area contributed by atoms with Crippen LogP contribution in [0.2, 0.25) is 0 Å². The summed E-state index contributed by atoms with van der Waals surface area (Å²) >= 11 is 0. The summed E-state index contributed by atoms with van der Waals surface area (Å²) in [4.78, 5) is 36.9. The SMILES string of the molecule is CCC(CC)NC(=O)COC(=O)[C@H](Cc1ccccc1)NC(=O)OCc1ccccc1. The quantitative estimate of drug-likeness (QED) is 0.538. The van der Waals surface area contributed by atoms with Crippen molar-refractivity contribution in [2.24, 2.45) is 0 Å². The van der Waals surface area contributed by atoms with Crippen LogP contribution in [0.1, 0.15) is 37.8 Å². The lowest BCUT2D eigenvalue weighted by Gasteiger charge is -2.19. The van der Waals surface area contributed by atoms with Crippen LogP contribution < -0.4 is 10.6 Å². The molecule has 2 aromatic carbocycles. The van der Waals surface area contributed by atoms with Crippen LogP contribution in [0.15, 0.2) is 60.7 Å². The van der Waals surface area contributed by atoms with Gasteiger partial charge >= 0.3 is 12.1 Å². The molecule has 0 saturated carbocycles. The molecule has 166 valence electrons. The van der Waals surface area contributed by atoms with Gasteiger partial charge in [-0.25, -0.2) is 9.59 Å². The molecule has 0 bridgehead atoms. The number of hydrogen-bond acceptors (Lipinski definition) is 5. The van der Waals surface area contributed by atoms with E-state index < -0.39 is 24.7 Å². The van der Waals surface area contributed by atoms with Gasteiger partial charge in [0.25, 0.3) is 5.91 Å². The van der Waals surface area contributed by atoms with E-state index in [0.717, 1.165) is 24.0 Å². The fourth-order valence-electron chi connectivity index (χ4n) is 2.95. The smallest absolute Gasteiger partial charge is 0.408 e. The molecule has 31 heavy (non-hydrogen) atoms. The Morgan fingerprint density at radius 2 is 1.39 bits per heavy atom. The van der Waals surface area contributed by atoms with E-state index in [1.807, 2.05) is 74.5 Å². The minimum Gasteiger partial charge on any atom is -0.454 e. The van der Waals surface area contributed by atoms with Crippen LogP contribution in [-0.4, -0.2) is 36.7 Å². The van der Waals surface area contributed by atoms with E-state index in [2.05, 4.69) is 10.6 Å². The number of nitrogens with one attached hydrogen (secondary N) is 2. The molecule has 0 aromatic heterocycles. The molecule has 0 aliphatic rings. The topological polar surface area (TPSA) is 93.7 Å². The van der Waals surface area contributed by atoms with Crippen LogP contribution in [0.3, 0.4) is 0 Å². The van der Waals surface area contributed by atoms with Crippen molar-refractivity contribution in [1.82, 2.24) is 10.6 Å². The molecule has 2 N–H and O–H groups in total. The Morgan fingerprint density at radius 1 is 0.806 bits per heavy atom. The molecule has 0 fully saturated rings. The zero-order chi connectivity index (χ0) is 22.5. The number of hydrogen-bond donors (Lipinski definition) is 2. The highest BCUT2D eigenvalue weighted by molar-refractivity contribution is 5.85. The van der Waals surface area contributed by atoms with E-state index >= 15 is 0 Å². The largest absolute Gasteiger partial charge is 0.454 e. The van der Waals surface area contributed by atoms with Gasteiger partial charge in [-0.2, -0.15) is 0 Å². The maximum absolute atomic E-state index is 12.6. The van der Waals surface area contributed by atoms with Crippen molar-refractivity contribution in [1.29, 1.82) is 0 Å². The number of amides is 2. The third-order valence-corrected chi connectivity index (χ3v) is 4.77. The normalized spacial score (nSPS) is 11.5. The predicted octanol–water partition coefficient (Wildman–Crippen LogP) is 3.37. The molecule has 0 aliphatic heterocycles. The van der Waals surface area contributed by atoms with Gasteiger partial charge < -0.3 is 20.1 Å². The van der Waals surface area contributed by atoms with Crippen molar-refractivity contribution >= 4 is 18.0 Å². The first-order valence-electron chi connectivity index (χ1n) is 10.5. The molecule has 2 amide bonds. The molecular formula is C24H30N2O5. The summed E-state index contributed by atoms with van der Waals surface area (Å²) in [5, 5.41) is 5.37. The molecule has 0 spiro atoms. The summed E-state index contributed by atoms with van der Waals surface area (Å²) in [6, 6.07) is 17.5. The Kier molecular flexibility index (Phi) is 10.1. The van der Waals surface area contributed by atoms with E-state index in [0.29, 0.717) is 0 Å². The molecule has 0 radical (unpaired) electrons. The summed E-state index contributed by atoms with van der Waals surface area (Å²) in [6.07, 6.45) is 1.07. The molecule has 2 aromatic rings. The van der Waals surface area contributed by atoms with E-state index in [9.17, 15) is 14.4 Å². The highest BCUT2D eigenvalue weighted by Crippen LogP contribution is 2.07. The highest BCUT2D eigenvalue weighted by Gasteiger charge is 2.24. The first-order chi connectivity index (χ1) is 15.0. The van der Waals surface area contributed by atoms with Gasteiger partial charge in [-0.05, 0) is 24.0 Å². The van der Waals surface area contributed by atoms with Crippen LogP contribution >= 0.6 is 0 Å². The molecule has 1 atom stereocenters. The number of esters is 1. The Hall–Kier alpha value is -3.35. The van der Waals surface area contributed by atoms with Crippen LogP contribution in [0.4, 0.5) is 4.79 Å². The van der Waals surface area contributed by atoms with Crippen molar-refractivity contribution in [3.8, 4) is 0 Å². The van der Waals surface area contributed by atoms with E-state index in [4.69, 9.17) is 9.47 Å². The van der Waals surface area contributed by atoms with Crippen LogP contribution in [0, 0.1) is 0 Å². The number of alkyl carbamates (subject to hydrolysis) is 1. The number of carbonyl (C=O) groups is 3.